The van der Waals surface area contributed by atoms with Crippen LogP contribution in [0.1, 0.15) is 46.9 Å². The molecule has 0 bridgehead atoms. The highest BCUT2D eigenvalue weighted by molar-refractivity contribution is 6.04. The molecule has 1 aromatic carbocycles. The normalized spacial score (nSPS) is 26.9. The lowest BCUT2D eigenvalue weighted by Crippen LogP contribution is -2.49. The number of nitrogens with two attached hydrogens (primary N) is 1. The van der Waals surface area contributed by atoms with Crippen molar-refractivity contribution in [2.24, 2.45) is 11.7 Å². The summed E-state index contributed by atoms with van der Waals surface area (Å²) in [6.07, 6.45) is 4.14. The molecule has 3 aliphatic rings. The number of primary amides is 1. The largest absolute Gasteiger partial charge is 0.364 e. The molecule has 2 saturated carbocycles. The second-order valence-corrected chi connectivity index (χ2v) is 9.70. The summed E-state index contributed by atoms with van der Waals surface area (Å²) < 4.78 is 1.47. The van der Waals surface area contributed by atoms with Crippen molar-refractivity contribution in [2.75, 3.05) is 0 Å². The average molecular weight is 459 g/mol. The lowest BCUT2D eigenvalue weighted by molar-refractivity contribution is -0.140. The number of aromatic nitrogens is 3. The van der Waals surface area contributed by atoms with Gasteiger partial charge in [-0.3, -0.25) is 24.0 Å². The molecule has 2 aromatic heterocycles. The summed E-state index contributed by atoms with van der Waals surface area (Å²) in [5.74, 6) is -0.196. The molecule has 174 valence electrons. The van der Waals surface area contributed by atoms with Crippen LogP contribution in [0.25, 0.3) is 10.9 Å². The minimum atomic E-state index is -0.653. The van der Waals surface area contributed by atoms with Gasteiger partial charge in [-0.15, -0.1) is 0 Å². The van der Waals surface area contributed by atoms with E-state index in [2.05, 4.69) is 27.5 Å². The molecular formula is C25H26N6O3. The zero-order chi connectivity index (χ0) is 23.6. The van der Waals surface area contributed by atoms with Crippen LogP contribution in [0.3, 0.4) is 0 Å². The van der Waals surface area contributed by atoms with Gasteiger partial charge in [0.25, 0.3) is 5.91 Å². The Hall–Kier alpha value is -3.75. The maximum Gasteiger partial charge on any atom is 0.269 e. The van der Waals surface area contributed by atoms with Crippen LogP contribution in [-0.2, 0) is 16.1 Å². The molecule has 6 rings (SSSR count). The topological polar surface area (TPSA) is 123 Å². The molecule has 5 atom stereocenters. The summed E-state index contributed by atoms with van der Waals surface area (Å²) in [6.45, 7) is 1.74. The maximum absolute atomic E-state index is 13.4. The van der Waals surface area contributed by atoms with Gasteiger partial charge >= 0.3 is 0 Å². The van der Waals surface area contributed by atoms with E-state index in [9.17, 15) is 14.4 Å². The minimum absolute atomic E-state index is 0.0718. The Morgan fingerprint density at radius 1 is 1.15 bits per heavy atom. The van der Waals surface area contributed by atoms with Crippen molar-refractivity contribution in [3.8, 4) is 0 Å². The monoisotopic (exact) mass is 458 g/mol. The van der Waals surface area contributed by atoms with Gasteiger partial charge in [0.15, 0.2) is 5.69 Å². The summed E-state index contributed by atoms with van der Waals surface area (Å²) >= 11 is 0. The number of nitrogens with zero attached hydrogens (tertiary/aromatic N) is 4. The molecule has 1 unspecified atom stereocenters. The highest BCUT2D eigenvalue weighted by Gasteiger charge is 2.56. The lowest BCUT2D eigenvalue weighted by atomic mass is 10.1. The van der Waals surface area contributed by atoms with E-state index in [-0.39, 0.29) is 36.1 Å². The number of pyridine rings is 1. The second kappa shape index (κ2) is 7.65. The average Bonchev–Trinajstić information content (AvgIpc) is 3.70. The number of rotatable bonds is 6. The number of aryl methyl sites for hydroxylation is 1. The van der Waals surface area contributed by atoms with E-state index in [4.69, 9.17) is 5.73 Å². The predicted octanol–water partition coefficient (Wildman–Crippen LogP) is 1.50. The lowest BCUT2D eigenvalue weighted by Gasteiger charge is -2.27. The SMILES string of the molecule is Cc1cc2c(C(N)=O)nn(CC(=O)N3C4C[C@@H]4C[C@H]3C(=O)N[C@@H]3C[C@H]3c3ccccc3)c2cn1. The fourth-order valence-electron chi connectivity index (χ4n) is 5.44. The van der Waals surface area contributed by atoms with E-state index in [0.717, 1.165) is 18.5 Å². The van der Waals surface area contributed by atoms with Gasteiger partial charge in [-0.1, -0.05) is 30.3 Å². The van der Waals surface area contributed by atoms with Crippen LogP contribution in [0, 0.1) is 12.8 Å². The molecular weight excluding hydrogens is 432 g/mol. The molecule has 1 aliphatic heterocycles. The Balaban J connectivity index is 1.18. The van der Waals surface area contributed by atoms with Gasteiger partial charge in [0.05, 0.1) is 11.7 Å². The molecule has 9 nitrogen and oxygen atoms in total. The van der Waals surface area contributed by atoms with Crippen molar-refractivity contribution >= 4 is 28.6 Å². The number of carbonyl (C=O) groups excluding carboxylic acids is 3. The molecule has 34 heavy (non-hydrogen) atoms. The summed E-state index contributed by atoms with van der Waals surface area (Å²) in [5, 5.41) is 8.05. The summed E-state index contributed by atoms with van der Waals surface area (Å²) in [6, 6.07) is 11.7. The molecule has 3 amide bonds. The minimum Gasteiger partial charge on any atom is -0.364 e. The van der Waals surface area contributed by atoms with Gasteiger partial charge in [0, 0.05) is 29.1 Å². The Morgan fingerprint density at radius 2 is 1.94 bits per heavy atom. The number of nitrogens with one attached hydrogen (secondary N) is 1. The molecule has 3 fully saturated rings. The second-order valence-electron chi connectivity index (χ2n) is 9.70. The van der Waals surface area contributed by atoms with Crippen LogP contribution in [0.4, 0.5) is 0 Å². The van der Waals surface area contributed by atoms with Gasteiger partial charge < -0.3 is 16.0 Å². The van der Waals surface area contributed by atoms with Crippen LogP contribution in [0.15, 0.2) is 42.6 Å². The third-order valence-electron chi connectivity index (χ3n) is 7.33. The molecule has 1 saturated heterocycles. The van der Waals surface area contributed by atoms with Gasteiger partial charge in [0.2, 0.25) is 11.8 Å². The summed E-state index contributed by atoms with van der Waals surface area (Å²) in [4.78, 5) is 44.5. The van der Waals surface area contributed by atoms with Crippen LogP contribution in [-0.4, -0.2) is 55.5 Å². The van der Waals surface area contributed by atoms with E-state index in [1.54, 1.807) is 17.2 Å². The first kappa shape index (κ1) is 20.8. The number of amides is 3. The van der Waals surface area contributed by atoms with Crippen LogP contribution in [0.5, 0.6) is 0 Å². The Morgan fingerprint density at radius 3 is 2.71 bits per heavy atom. The van der Waals surface area contributed by atoms with E-state index < -0.39 is 11.9 Å². The van der Waals surface area contributed by atoms with Gasteiger partial charge in [0.1, 0.15) is 12.6 Å². The quantitative estimate of drug-likeness (QED) is 0.580. The number of fused-ring (bicyclic) bond motifs is 2. The molecule has 3 heterocycles. The first-order valence-corrected chi connectivity index (χ1v) is 11.7. The number of piperidine rings is 1. The zero-order valence-electron chi connectivity index (χ0n) is 18.8. The zero-order valence-corrected chi connectivity index (χ0v) is 18.8. The van der Waals surface area contributed by atoms with Crippen LogP contribution in [0.2, 0.25) is 0 Å². The van der Waals surface area contributed by atoms with E-state index in [0.29, 0.717) is 29.2 Å². The number of carbonyl (C=O) groups is 3. The molecule has 3 N–H and O–H groups in total. The van der Waals surface area contributed by atoms with Crippen molar-refractivity contribution < 1.29 is 14.4 Å². The van der Waals surface area contributed by atoms with Crippen molar-refractivity contribution in [3.63, 3.8) is 0 Å². The molecule has 9 heteroatoms. The van der Waals surface area contributed by atoms with Crippen molar-refractivity contribution in [3.05, 3.63) is 59.5 Å². The predicted molar refractivity (Wildman–Crippen MR) is 124 cm³/mol. The van der Waals surface area contributed by atoms with Crippen LogP contribution >= 0.6 is 0 Å². The van der Waals surface area contributed by atoms with Gasteiger partial charge in [-0.05, 0) is 43.7 Å². The van der Waals surface area contributed by atoms with E-state index >= 15 is 0 Å². The van der Waals surface area contributed by atoms with E-state index in [1.165, 1.54) is 10.2 Å². The van der Waals surface area contributed by atoms with Gasteiger partial charge in [-0.2, -0.15) is 5.10 Å². The standard InChI is InChI=1S/C25H26N6O3/c1-13-7-17-21(11-27-13)30(29-23(17)24(26)33)12-22(32)31-19-8-15(19)9-20(31)25(34)28-18-10-16(18)14-5-3-2-4-6-14/h2-7,11,15-16,18-20H,8-10,12H2,1H3,(H2,26,33)(H,28,34)/t15-,16+,18-,19?,20+/m1/s1. The first-order chi connectivity index (χ1) is 16.4. The summed E-state index contributed by atoms with van der Waals surface area (Å²) in [5.41, 5.74) is 8.16. The Kier molecular flexibility index (Phi) is 4.68. The number of hydrogen-bond donors (Lipinski definition) is 2. The fourth-order valence-corrected chi connectivity index (χ4v) is 5.44. The van der Waals surface area contributed by atoms with E-state index in [1.807, 2.05) is 25.1 Å². The summed E-state index contributed by atoms with van der Waals surface area (Å²) in [7, 11) is 0. The molecule has 0 spiro atoms. The van der Waals surface area contributed by atoms with Crippen LogP contribution < -0.4 is 11.1 Å². The molecule has 3 aromatic rings. The number of hydrogen-bond acceptors (Lipinski definition) is 5. The first-order valence-electron chi connectivity index (χ1n) is 11.7. The van der Waals surface area contributed by atoms with Crippen molar-refractivity contribution in [1.29, 1.82) is 0 Å². The van der Waals surface area contributed by atoms with Crippen molar-refractivity contribution in [1.82, 2.24) is 25.0 Å². The highest BCUT2D eigenvalue weighted by atomic mass is 16.2. The molecule has 2 aliphatic carbocycles. The number of benzene rings is 1. The van der Waals surface area contributed by atoms with Crippen molar-refractivity contribution in [2.45, 2.75) is 56.8 Å². The fraction of sp³-hybridized carbons (Fsp3) is 0.400. The highest BCUT2D eigenvalue weighted by Crippen LogP contribution is 2.48. The maximum atomic E-state index is 13.4. The molecule has 0 radical (unpaired) electrons. The Bertz CT molecular complexity index is 1320. The third kappa shape index (κ3) is 3.52. The Labute approximate surface area is 196 Å². The number of likely N-dealkylation sites (tertiary alicyclic amines) is 1. The van der Waals surface area contributed by atoms with Gasteiger partial charge in [-0.25, -0.2) is 0 Å². The third-order valence-corrected chi connectivity index (χ3v) is 7.33. The smallest absolute Gasteiger partial charge is 0.269 e.